The largest absolute Gasteiger partial charge is 0.298 e. The molecule has 0 amide bonds. The van der Waals surface area contributed by atoms with E-state index in [1.807, 2.05) is 42.5 Å². The molecule has 0 aliphatic rings. The Hall–Kier alpha value is -6.07. The van der Waals surface area contributed by atoms with Gasteiger partial charge in [-0.3, -0.25) is 8.97 Å². The molecule has 0 saturated heterocycles. The van der Waals surface area contributed by atoms with Gasteiger partial charge in [-0.15, -0.1) is 0 Å². The van der Waals surface area contributed by atoms with Gasteiger partial charge in [0.05, 0.1) is 27.8 Å². The molecule has 9 rings (SSSR count). The lowest BCUT2D eigenvalue weighted by Gasteiger charge is -2.11. The quantitative estimate of drug-likeness (QED) is 0.214. The maximum absolute atomic E-state index is 5.12. The predicted octanol–water partition coefficient (Wildman–Crippen LogP) is 9.38. The number of fused-ring (bicyclic) bond motifs is 6. The summed E-state index contributed by atoms with van der Waals surface area (Å²) in [5.41, 5.74) is 12.4. The molecule has 0 N–H and O–H groups in total. The first-order chi connectivity index (χ1) is 21.8. The monoisotopic (exact) mass is 563 g/mol. The minimum atomic E-state index is 0.916. The molecule has 206 valence electrons. The molecule has 0 saturated carbocycles. The van der Waals surface area contributed by atoms with Crippen LogP contribution in [0.5, 0.6) is 0 Å². The van der Waals surface area contributed by atoms with E-state index in [4.69, 9.17) is 15.0 Å². The molecule has 5 aromatic carbocycles. The van der Waals surface area contributed by atoms with Gasteiger partial charge in [0.25, 0.3) is 0 Å². The Morgan fingerprint density at radius 2 is 1.09 bits per heavy atom. The number of hydrogen-bond acceptors (Lipinski definition) is 3. The van der Waals surface area contributed by atoms with Crippen LogP contribution in [0.15, 0.2) is 152 Å². The molecule has 0 radical (unpaired) electrons. The zero-order chi connectivity index (χ0) is 29.0. The van der Waals surface area contributed by atoms with Gasteiger partial charge >= 0.3 is 0 Å². The molecule has 0 bridgehead atoms. The zero-order valence-electron chi connectivity index (χ0n) is 23.7. The summed E-state index contributed by atoms with van der Waals surface area (Å²) in [7, 11) is 0. The lowest BCUT2D eigenvalue weighted by atomic mass is 10.0. The summed E-state index contributed by atoms with van der Waals surface area (Å²) < 4.78 is 4.37. The Balaban J connectivity index is 1.11. The van der Waals surface area contributed by atoms with Crippen LogP contribution in [0, 0.1) is 0 Å². The van der Waals surface area contributed by atoms with Crippen LogP contribution in [0.1, 0.15) is 0 Å². The first-order valence-electron chi connectivity index (χ1n) is 14.7. The van der Waals surface area contributed by atoms with Crippen molar-refractivity contribution in [3.05, 3.63) is 152 Å². The summed E-state index contributed by atoms with van der Waals surface area (Å²) in [6.45, 7) is 0. The first kappa shape index (κ1) is 24.5. The van der Waals surface area contributed by atoms with E-state index in [0.717, 1.165) is 78.1 Å². The van der Waals surface area contributed by atoms with E-state index in [-0.39, 0.29) is 0 Å². The fourth-order valence-electron chi connectivity index (χ4n) is 6.25. The molecule has 0 spiro atoms. The fraction of sp³-hybridized carbons (Fsp3) is 0. The standard InChI is InChI=1S/C39H25N5/c1-2-10-30(11-3-1)44-34-15-7-6-14-33(34)41-39(44)29-23-19-27(20-24-29)26-17-21-28(22-18-26)36-38-37(31-12-4-5-13-32(31)40-36)42-35-16-8-9-25-43(35)38/h1-25H. The minimum Gasteiger partial charge on any atom is -0.298 e. The molecule has 0 atom stereocenters. The second-order valence-electron chi connectivity index (χ2n) is 11.0. The molecule has 4 heterocycles. The number of rotatable bonds is 4. The average Bonchev–Trinajstić information content (AvgIpc) is 3.68. The zero-order valence-corrected chi connectivity index (χ0v) is 23.7. The third kappa shape index (κ3) is 3.83. The van der Waals surface area contributed by atoms with Gasteiger partial charge in [0.2, 0.25) is 0 Å². The topological polar surface area (TPSA) is 48.0 Å². The number of nitrogens with zero attached hydrogens (tertiary/aromatic N) is 5. The van der Waals surface area contributed by atoms with Crippen molar-refractivity contribution < 1.29 is 0 Å². The molecule has 0 fully saturated rings. The molecular formula is C39H25N5. The first-order valence-corrected chi connectivity index (χ1v) is 14.7. The number of imidazole rings is 2. The third-order valence-corrected chi connectivity index (χ3v) is 8.36. The molecule has 4 aromatic heterocycles. The summed E-state index contributed by atoms with van der Waals surface area (Å²) in [6, 6.07) is 50.4. The number of pyridine rings is 2. The van der Waals surface area contributed by atoms with Gasteiger partial charge in [-0.25, -0.2) is 15.0 Å². The lowest BCUT2D eigenvalue weighted by molar-refractivity contribution is 1.10. The minimum absolute atomic E-state index is 0.916. The van der Waals surface area contributed by atoms with Crippen molar-refractivity contribution in [2.45, 2.75) is 0 Å². The Morgan fingerprint density at radius 1 is 0.455 bits per heavy atom. The van der Waals surface area contributed by atoms with Crippen LogP contribution >= 0.6 is 0 Å². The molecule has 5 heteroatoms. The molecule has 5 nitrogen and oxygen atoms in total. The number of hydrogen-bond donors (Lipinski definition) is 0. The summed E-state index contributed by atoms with van der Waals surface area (Å²) in [5.74, 6) is 0.929. The van der Waals surface area contributed by atoms with Gasteiger partial charge in [-0.1, -0.05) is 103 Å². The Morgan fingerprint density at radius 3 is 1.89 bits per heavy atom. The van der Waals surface area contributed by atoms with Crippen LogP contribution < -0.4 is 0 Å². The van der Waals surface area contributed by atoms with Gasteiger partial charge in [0, 0.05) is 28.4 Å². The molecule has 0 unspecified atom stereocenters. The Labute approximate surface area is 253 Å². The molecule has 9 aromatic rings. The third-order valence-electron chi connectivity index (χ3n) is 8.36. The lowest BCUT2D eigenvalue weighted by Crippen LogP contribution is -1.97. The summed E-state index contributed by atoms with van der Waals surface area (Å²) >= 11 is 0. The maximum atomic E-state index is 5.12. The van der Waals surface area contributed by atoms with Crippen LogP contribution in [0.25, 0.3) is 78.1 Å². The number of aromatic nitrogens is 5. The van der Waals surface area contributed by atoms with Crippen LogP contribution in [-0.4, -0.2) is 23.9 Å². The number of benzene rings is 5. The van der Waals surface area contributed by atoms with E-state index in [1.165, 1.54) is 0 Å². The van der Waals surface area contributed by atoms with Crippen LogP contribution in [0.3, 0.4) is 0 Å². The van der Waals surface area contributed by atoms with Gasteiger partial charge in [-0.2, -0.15) is 0 Å². The van der Waals surface area contributed by atoms with Crippen molar-refractivity contribution in [1.82, 2.24) is 23.9 Å². The van der Waals surface area contributed by atoms with E-state index in [2.05, 4.69) is 118 Å². The van der Waals surface area contributed by atoms with Gasteiger partial charge in [-0.05, 0) is 53.6 Å². The van der Waals surface area contributed by atoms with Gasteiger partial charge in [0.1, 0.15) is 17.0 Å². The second-order valence-corrected chi connectivity index (χ2v) is 11.0. The van der Waals surface area contributed by atoms with E-state index in [0.29, 0.717) is 0 Å². The second kappa shape index (κ2) is 9.75. The van der Waals surface area contributed by atoms with Crippen molar-refractivity contribution in [1.29, 1.82) is 0 Å². The van der Waals surface area contributed by atoms with E-state index < -0.39 is 0 Å². The van der Waals surface area contributed by atoms with Crippen LogP contribution in [0.4, 0.5) is 0 Å². The van der Waals surface area contributed by atoms with Crippen LogP contribution in [0.2, 0.25) is 0 Å². The summed E-state index contributed by atoms with van der Waals surface area (Å²) in [5, 5.41) is 1.06. The van der Waals surface area contributed by atoms with Crippen molar-refractivity contribution >= 4 is 38.6 Å². The van der Waals surface area contributed by atoms with E-state index in [1.54, 1.807) is 0 Å². The fourth-order valence-corrected chi connectivity index (χ4v) is 6.25. The van der Waals surface area contributed by atoms with Crippen molar-refractivity contribution in [2.75, 3.05) is 0 Å². The normalized spacial score (nSPS) is 11.6. The van der Waals surface area contributed by atoms with Crippen LogP contribution in [-0.2, 0) is 0 Å². The molecular weight excluding hydrogens is 538 g/mol. The van der Waals surface area contributed by atoms with Gasteiger partial charge < -0.3 is 0 Å². The highest BCUT2D eigenvalue weighted by Gasteiger charge is 2.17. The average molecular weight is 564 g/mol. The van der Waals surface area contributed by atoms with Gasteiger partial charge in [0.15, 0.2) is 0 Å². The molecule has 0 aliphatic carbocycles. The Bertz CT molecular complexity index is 2470. The Kier molecular flexibility index (Phi) is 5.43. The van der Waals surface area contributed by atoms with E-state index >= 15 is 0 Å². The predicted molar refractivity (Wildman–Crippen MR) is 179 cm³/mol. The highest BCUT2D eigenvalue weighted by atomic mass is 15.1. The SMILES string of the molecule is c1ccc(-n2c(-c3ccc(-c4ccc(-c5nc6ccccc6c6nc7ccccn7c56)cc4)cc3)nc3ccccc32)cc1. The van der Waals surface area contributed by atoms with Crippen molar-refractivity contribution in [3.8, 4) is 39.5 Å². The molecule has 44 heavy (non-hydrogen) atoms. The van der Waals surface area contributed by atoms with Crippen molar-refractivity contribution in [3.63, 3.8) is 0 Å². The smallest absolute Gasteiger partial charge is 0.145 e. The summed E-state index contributed by atoms with van der Waals surface area (Å²) in [6.07, 6.45) is 2.06. The number of para-hydroxylation sites is 4. The van der Waals surface area contributed by atoms with Crippen molar-refractivity contribution in [2.24, 2.45) is 0 Å². The van der Waals surface area contributed by atoms with E-state index in [9.17, 15) is 0 Å². The maximum Gasteiger partial charge on any atom is 0.145 e. The highest BCUT2D eigenvalue weighted by Crippen LogP contribution is 2.35. The molecule has 0 aliphatic heterocycles. The summed E-state index contributed by atoms with van der Waals surface area (Å²) in [4.78, 5) is 15.1. The highest BCUT2D eigenvalue weighted by molar-refractivity contribution is 6.09.